The molecule has 0 radical (unpaired) electrons. The summed E-state index contributed by atoms with van der Waals surface area (Å²) in [4.78, 5) is 23.7. The summed E-state index contributed by atoms with van der Waals surface area (Å²) < 4.78 is 5.19. The van der Waals surface area contributed by atoms with E-state index in [1.807, 2.05) is 12.1 Å². The van der Waals surface area contributed by atoms with Crippen molar-refractivity contribution in [3.05, 3.63) is 35.4 Å². The van der Waals surface area contributed by atoms with Crippen molar-refractivity contribution in [2.45, 2.75) is 90.9 Å². The summed E-state index contributed by atoms with van der Waals surface area (Å²) in [7, 11) is 0. The molecular formula is C24H39NO3. The van der Waals surface area contributed by atoms with Crippen LogP contribution in [0.4, 0.5) is 0 Å². The first-order valence-corrected chi connectivity index (χ1v) is 11.2. The van der Waals surface area contributed by atoms with Crippen LogP contribution in [0, 0.1) is 0 Å². The van der Waals surface area contributed by atoms with E-state index in [9.17, 15) is 9.59 Å². The van der Waals surface area contributed by atoms with E-state index in [4.69, 9.17) is 4.74 Å². The van der Waals surface area contributed by atoms with Crippen molar-refractivity contribution >= 4 is 11.9 Å². The largest absolute Gasteiger partial charge is 0.464 e. The van der Waals surface area contributed by atoms with Crippen LogP contribution in [0.5, 0.6) is 0 Å². The van der Waals surface area contributed by atoms with Crippen LogP contribution in [0.2, 0.25) is 0 Å². The molecule has 1 N–H and O–H groups in total. The molecule has 0 aliphatic rings. The predicted octanol–water partition coefficient (Wildman–Crippen LogP) is 5.83. The topological polar surface area (TPSA) is 55.4 Å². The first kappa shape index (κ1) is 24.2. The highest BCUT2D eigenvalue weighted by Crippen LogP contribution is 2.11. The zero-order valence-electron chi connectivity index (χ0n) is 17.9. The quantitative estimate of drug-likeness (QED) is 0.286. The molecule has 0 bridgehead atoms. The fraction of sp³-hybridized carbons (Fsp3) is 0.667. The molecule has 0 aromatic heterocycles. The van der Waals surface area contributed by atoms with E-state index in [0.717, 1.165) is 19.3 Å². The highest BCUT2D eigenvalue weighted by molar-refractivity contribution is 5.95. The van der Waals surface area contributed by atoms with E-state index in [1.165, 1.54) is 63.4 Å². The number of esters is 1. The number of rotatable bonds is 16. The molecule has 0 saturated carbocycles. The number of benzene rings is 1. The number of nitrogens with one attached hydrogen (secondary N) is 1. The Balaban J connectivity index is 1.95. The number of carbonyl (C=O) groups excluding carboxylic acids is 2. The molecule has 0 unspecified atom stereocenters. The molecule has 0 atom stereocenters. The van der Waals surface area contributed by atoms with Gasteiger partial charge in [0, 0.05) is 5.56 Å². The monoisotopic (exact) mass is 389 g/mol. The van der Waals surface area contributed by atoms with Crippen molar-refractivity contribution in [1.82, 2.24) is 5.32 Å². The third-order valence-corrected chi connectivity index (χ3v) is 5.03. The molecule has 0 heterocycles. The SMILES string of the molecule is CCCCCCCCCCCCCOC(=O)CNC(=O)c1ccc(CC)cc1. The normalized spacial score (nSPS) is 10.6. The van der Waals surface area contributed by atoms with Gasteiger partial charge in [-0.2, -0.15) is 0 Å². The summed E-state index contributed by atoms with van der Waals surface area (Å²) in [6.07, 6.45) is 14.9. The molecule has 1 rings (SSSR count). The summed E-state index contributed by atoms with van der Waals surface area (Å²) in [6, 6.07) is 7.43. The molecule has 4 nitrogen and oxygen atoms in total. The van der Waals surface area contributed by atoms with Crippen LogP contribution in [0.25, 0.3) is 0 Å². The number of amides is 1. The second-order valence-corrected chi connectivity index (χ2v) is 7.49. The van der Waals surface area contributed by atoms with Crippen LogP contribution >= 0.6 is 0 Å². The number of unbranched alkanes of at least 4 members (excludes halogenated alkanes) is 10. The number of ether oxygens (including phenoxy) is 1. The predicted molar refractivity (Wildman–Crippen MR) is 116 cm³/mol. The van der Waals surface area contributed by atoms with Gasteiger partial charge in [-0.25, -0.2) is 0 Å². The van der Waals surface area contributed by atoms with Gasteiger partial charge in [-0.1, -0.05) is 90.2 Å². The van der Waals surface area contributed by atoms with Gasteiger partial charge in [0.1, 0.15) is 6.54 Å². The highest BCUT2D eigenvalue weighted by atomic mass is 16.5. The van der Waals surface area contributed by atoms with E-state index in [-0.39, 0.29) is 18.4 Å². The van der Waals surface area contributed by atoms with Gasteiger partial charge < -0.3 is 10.1 Å². The smallest absolute Gasteiger partial charge is 0.325 e. The fourth-order valence-electron chi connectivity index (χ4n) is 3.15. The van der Waals surface area contributed by atoms with Crippen LogP contribution in [-0.2, 0) is 16.0 Å². The van der Waals surface area contributed by atoms with E-state index in [2.05, 4.69) is 19.2 Å². The van der Waals surface area contributed by atoms with Crippen molar-refractivity contribution in [3.8, 4) is 0 Å². The summed E-state index contributed by atoms with van der Waals surface area (Å²) in [5, 5.41) is 2.62. The third-order valence-electron chi connectivity index (χ3n) is 5.03. The van der Waals surface area contributed by atoms with E-state index in [0.29, 0.717) is 12.2 Å². The maximum Gasteiger partial charge on any atom is 0.325 e. The Kier molecular flexibility index (Phi) is 14.0. The second kappa shape index (κ2) is 16.1. The molecule has 28 heavy (non-hydrogen) atoms. The molecule has 0 saturated heterocycles. The van der Waals surface area contributed by atoms with Crippen LogP contribution in [0.1, 0.15) is 100 Å². The Morgan fingerprint density at radius 2 is 1.32 bits per heavy atom. The van der Waals surface area contributed by atoms with Crippen LogP contribution in [0.3, 0.4) is 0 Å². The van der Waals surface area contributed by atoms with Gasteiger partial charge in [0.15, 0.2) is 0 Å². The Morgan fingerprint density at radius 1 is 0.786 bits per heavy atom. The van der Waals surface area contributed by atoms with E-state index in [1.54, 1.807) is 12.1 Å². The lowest BCUT2D eigenvalue weighted by Crippen LogP contribution is -2.30. The number of hydrogen-bond acceptors (Lipinski definition) is 3. The summed E-state index contributed by atoms with van der Waals surface area (Å²) in [6.45, 7) is 4.68. The molecular weight excluding hydrogens is 350 g/mol. The Hall–Kier alpha value is -1.84. The lowest BCUT2D eigenvalue weighted by Gasteiger charge is -2.07. The van der Waals surface area contributed by atoms with Crippen molar-refractivity contribution < 1.29 is 14.3 Å². The zero-order valence-corrected chi connectivity index (χ0v) is 17.9. The maximum atomic E-state index is 12.0. The van der Waals surface area contributed by atoms with Gasteiger partial charge in [-0.3, -0.25) is 9.59 Å². The molecule has 0 fully saturated rings. The lowest BCUT2D eigenvalue weighted by molar-refractivity contribution is -0.142. The Labute approximate surface area is 171 Å². The first-order chi connectivity index (χ1) is 13.7. The summed E-state index contributed by atoms with van der Waals surface area (Å²) >= 11 is 0. The Bertz CT molecular complexity index is 539. The van der Waals surface area contributed by atoms with Gasteiger partial charge in [0.2, 0.25) is 0 Å². The van der Waals surface area contributed by atoms with E-state index < -0.39 is 0 Å². The summed E-state index contributed by atoms with van der Waals surface area (Å²) in [5.74, 6) is -0.611. The number of hydrogen-bond donors (Lipinski definition) is 1. The van der Waals surface area contributed by atoms with Crippen LogP contribution < -0.4 is 5.32 Å². The average molecular weight is 390 g/mol. The molecule has 158 valence electrons. The minimum Gasteiger partial charge on any atom is -0.464 e. The standard InChI is InChI=1S/C24H39NO3/c1-3-5-6-7-8-9-10-11-12-13-14-19-28-23(26)20-25-24(27)22-17-15-21(4-2)16-18-22/h15-18H,3-14,19-20H2,1-2H3,(H,25,27). The molecule has 0 spiro atoms. The van der Waals surface area contributed by atoms with E-state index >= 15 is 0 Å². The number of aryl methyl sites for hydroxylation is 1. The molecule has 1 amide bonds. The molecule has 0 aliphatic heterocycles. The highest BCUT2D eigenvalue weighted by Gasteiger charge is 2.08. The van der Waals surface area contributed by atoms with Crippen LogP contribution in [-0.4, -0.2) is 25.0 Å². The fourth-order valence-corrected chi connectivity index (χ4v) is 3.15. The first-order valence-electron chi connectivity index (χ1n) is 11.2. The zero-order chi connectivity index (χ0) is 20.5. The average Bonchev–Trinajstić information content (AvgIpc) is 2.72. The van der Waals surface area contributed by atoms with Gasteiger partial charge in [0.25, 0.3) is 5.91 Å². The Morgan fingerprint density at radius 3 is 1.86 bits per heavy atom. The second-order valence-electron chi connectivity index (χ2n) is 7.49. The maximum absolute atomic E-state index is 12.0. The number of carbonyl (C=O) groups is 2. The van der Waals surface area contributed by atoms with Crippen molar-refractivity contribution in [2.75, 3.05) is 13.2 Å². The van der Waals surface area contributed by atoms with Gasteiger partial charge >= 0.3 is 5.97 Å². The molecule has 0 aliphatic carbocycles. The minimum absolute atomic E-state index is 0.0770. The minimum atomic E-state index is -0.370. The van der Waals surface area contributed by atoms with Gasteiger partial charge in [0.05, 0.1) is 6.61 Å². The van der Waals surface area contributed by atoms with Crippen molar-refractivity contribution in [1.29, 1.82) is 0 Å². The lowest BCUT2D eigenvalue weighted by atomic mass is 10.1. The third kappa shape index (κ3) is 11.8. The van der Waals surface area contributed by atoms with Gasteiger partial charge in [-0.05, 0) is 30.5 Å². The molecule has 1 aromatic rings. The molecule has 1 aromatic carbocycles. The van der Waals surface area contributed by atoms with Gasteiger partial charge in [-0.15, -0.1) is 0 Å². The van der Waals surface area contributed by atoms with Crippen molar-refractivity contribution in [3.63, 3.8) is 0 Å². The van der Waals surface area contributed by atoms with Crippen molar-refractivity contribution in [2.24, 2.45) is 0 Å². The summed E-state index contributed by atoms with van der Waals surface area (Å²) in [5.41, 5.74) is 1.75. The molecule has 4 heteroatoms. The van der Waals surface area contributed by atoms with Crippen LogP contribution in [0.15, 0.2) is 24.3 Å².